The molecule has 1 heterocycles. The van der Waals surface area contributed by atoms with Crippen molar-refractivity contribution in [3.05, 3.63) is 29.8 Å². The van der Waals surface area contributed by atoms with Crippen molar-refractivity contribution in [2.75, 3.05) is 39.5 Å². The Balaban J connectivity index is 1.61. The molecule has 0 spiro atoms. The van der Waals surface area contributed by atoms with Crippen molar-refractivity contribution in [2.24, 2.45) is 0 Å². The van der Waals surface area contributed by atoms with Crippen molar-refractivity contribution in [3.8, 4) is 5.75 Å². The van der Waals surface area contributed by atoms with Crippen molar-refractivity contribution in [1.29, 1.82) is 0 Å². The summed E-state index contributed by atoms with van der Waals surface area (Å²) in [5.74, 6) is 0.789. The van der Waals surface area contributed by atoms with Crippen LogP contribution in [0.4, 0.5) is 0 Å². The third-order valence-corrected chi connectivity index (χ3v) is 5.33. The normalized spacial score (nSPS) is 27.6. The third-order valence-electron chi connectivity index (χ3n) is 5.33. The average Bonchev–Trinajstić information content (AvgIpc) is 2.76. The minimum atomic E-state index is -1.07. The van der Waals surface area contributed by atoms with E-state index in [-0.39, 0.29) is 13.2 Å². The summed E-state index contributed by atoms with van der Waals surface area (Å²) in [5.41, 5.74) is -0.640. The molecule has 2 N–H and O–H groups in total. The molecule has 0 aromatic heterocycles. The van der Waals surface area contributed by atoms with Crippen LogP contribution in [0.5, 0.6) is 5.75 Å². The number of hydrogen-bond donors (Lipinski definition) is 2. The summed E-state index contributed by atoms with van der Waals surface area (Å²) < 4.78 is 11.5. The maximum Gasteiger partial charge on any atom is 0.134 e. The first-order valence-corrected chi connectivity index (χ1v) is 9.41. The molecule has 1 saturated carbocycles. The summed E-state index contributed by atoms with van der Waals surface area (Å²) in [4.78, 5) is 2.14. The van der Waals surface area contributed by atoms with E-state index in [1.807, 2.05) is 31.2 Å². The Labute approximate surface area is 150 Å². The zero-order chi connectivity index (χ0) is 17.8. The molecule has 1 atom stereocenters. The SMILES string of the molecule is Cc1ccccc1OC[C@]1(O)COCCN(CC2(O)CCCCC2)C1. The molecule has 3 rings (SSSR count). The van der Waals surface area contributed by atoms with Gasteiger partial charge in [0.05, 0.1) is 18.8 Å². The lowest BCUT2D eigenvalue weighted by Crippen LogP contribution is -2.53. The summed E-state index contributed by atoms with van der Waals surface area (Å²) >= 11 is 0. The molecule has 2 fully saturated rings. The predicted molar refractivity (Wildman–Crippen MR) is 96.9 cm³/mol. The number of aryl methyl sites for hydroxylation is 1. The van der Waals surface area contributed by atoms with Crippen LogP contribution >= 0.6 is 0 Å². The lowest BCUT2D eigenvalue weighted by Gasteiger charge is -2.38. The molecule has 140 valence electrons. The fourth-order valence-corrected chi connectivity index (χ4v) is 3.93. The van der Waals surface area contributed by atoms with Crippen molar-refractivity contribution < 1.29 is 19.7 Å². The van der Waals surface area contributed by atoms with E-state index in [9.17, 15) is 10.2 Å². The zero-order valence-corrected chi connectivity index (χ0v) is 15.2. The highest BCUT2D eigenvalue weighted by molar-refractivity contribution is 5.31. The second-order valence-corrected chi connectivity index (χ2v) is 7.83. The van der Waals surface area contributed by atoms with Crippen molar-refractivity contribution >= 4 is 0 Å². The molecule has 25 heavy (non-hydrogen) atoms. The van der Waals surface area contributed by atoms with Gasteiger partial charge in [-0.05, 0) is 31.4 Å². The highest BCUT2D eigenvalue weighted by Crippen LogP contribution is 2.29. The smallest absolute Gasteiger partial charge is 0.134 e. The second-order valence-electron chi connectivity index (χ2n) is 7.83. The maximum absolute atomic E-state index is 11.0. The average molecular weight is 349 g/mol. The van der Waals surface area contributed by atoms with Gasteiger partial charge >= 0.3 is 0 Å². The Bertz CT molecular complexity index is 558. The van der Waals surface area contributed by atoms with Crippen LogP contribution in [0.25, 0.3) is 0 Å². The van der Waals surface area contributed by atoms with E-state index >= 15 is 0 Å². The van der Waals surface area contributed by atoms with Crippen molar-refractivity contribution in [3.63, 3.8) is 0 Å². The molecule has 0 bridgehead atoms. The van der Waals surface area contributed by atoms with Gasteiger partial charge in [-0.15, -0.1) is 0 Å². The highest BCUT2D eigenvalue weighted by atomic mass is 16.5. The van der Waals surface area contributed by atoms with Gasteiger partial charge in [-0.25, -0.2) is 0 Å². The Morgan fingerprint density at radius 1 is 1.12 bits per heavy atom. The number of nitrogens with zero attached hydrogens (tertiary/aromatic N) is 1. The molecule has 1 aliphatic heterocycles. The van der Waals surface area contributed by atoms with Crippen LogP contribution in [-0.2, 0) is 4.74 Å². The number of benzene rings is 1. The summed E-state index contributed by atoms with van der Waals surface area (Å²) in [6.45, 7) is 4.80. The molecule has 1 aliphatic carbocycles. The summed E-state index contributed by atoms with van der Waals surface area (Å²) in [6, 6.07) is 7.81. The minimum absolute atomic E-state index is 0.187. The van der Waals surface area contributed by atoms with Crippen LogP contribution in [0.2, 0.25) is 0 Å². The Kier molecular flexibility index (Phi) is 6.00. The highest BCUT2D eigenvalue weighted by Gasteiger charge is 2.38. The fraction of sp³-hybridized carbons (Fsp3) is 0.700. The van der Waals surface area contributed by atoms with E-state index in [0.717, 1.165) is 43.5 Å². The first kappa shape index (κ1) is 18.6. The maximum atomic E-state index is 11.0. The number of β-amino-alcohol motifs (C(OH)–C–C–N with tert-alkyl or cyclic N) is 2. The van der Waals surface area contributed by atoms with Gasteiger partial charge in [-0.3, -0.25) is 4.90 Å². The van der Waals surface area contributed by atoms with Gasteiger partial charge in [0.25, 0.3) is 0 Å². The molecule has 1 aromatic rings. The number of para-hydroxylation sites is 1. The zero-order valence-electron chi connectivity index (χ0n) is 15.2. The minimum Gasteiger partial charge on any atom is -0.490 e. The van der Waals surface area contributed by atoms with Crippen LogP contribution in [0.15, 0.2) is 24.3 Å². The first-order valence-electron chi connectivity index (χ1n) is 9.41. The molecule has 5 heteroatoms. The summed E-state index contributed by atoms with van der Waals surface area (Å²) in [6.07, 6.45) is 5.08. The molecule has 2 aliphatic rings. The third kappa shape index (κ3) is 5.17. The predicted octanol–water partition coefficient (Wildman–Crippen LogP) is 2.13. The molecular formula is C20H31NO4. The number of hydrogen-bond acceptors (Lipinski definition) is 5. The summed E-state index contributed by atoms with van der Waals surface area (Å²) in [5, 5.41) is 21.8. The van der Waals surface area contributed by atoms with Gasteiger partial charge in [-0.2, -0.15) is 0 Å². The van der Waals surface area contributed by atoms with Gasteiger partial charge < -0.3 is 19.7 Å². The topological polar surface area (TPSA) is 62.2 Å². The van der Waals surface area contributed by atoms with Gasteiger partial charge in [0, 0.05) is 19.6 Å². The van der Waals surface area contributed by atoms with Gasteiger partial charge in [0.1, 0.15) is 18.0 Å². The summed E-state index contributed by atoms with van der Waals surface area (Å²) in [7, 11) is 0. The van der Waals surface area contributed by atoms with E-state index in [1.54, 1.807) is 0 Å². The van der Waals surface area contributed by atoms with Gasteiger partial charge in [0.2, 0.25) is 0 Å². The Morgan fingerprint density at radius 3 is 2.64 bits per heavy atom. The lowest BCUT2D eigenvalue weighted by molar-refractivity contribution is -0.0760. The van der Waals surface area contributed by atoms with E-state index in [2.05, 4.69) is 4.90 Å². The van der Waals surface area contributed by atoms with Crippen LogP contribution in [0.3, 0.4) is 0 Å². The molecular weight excluding hydrogens is 318 g/mol. The number of rotatable bonds is 5. The van der Waals surface area contributed by atoms with E-state index < -0.39 is 11.2 Å². The standard InChI is InChI=1S/C20H31NO4/c1-17-7-3-4-8-18(17)25-16-20(23)14-21(11-12-24-15-20)13-19(22)9-5-2-6-10-19/h3-4,7-8,22-23H,2,5-6,9-16H2,1H3/t20-/m1/s1. The van der Waals surface area contributed by atoms with Crippen molar-refractivity contribution in [1.82, 2.24) is 4.90 Å². The van der Waals surface area contributed by atoms with E-state index in [4.69, 9.17) is 9.47 Å². The van der Waals surface area contributed by atoms with Gasteiger partial charge in [0.15, 0.2) is 0 Å². The molecule has 0 amide bonds. The molecule has 0 unspecified atom stereocenters. The molecule has 0 radical (unpaired) electrons. The van der Waals surface area contributed by atoms with Crippen molar-refractivity contribution in [2.45, 2.75) is 50.2 Å². The molecule has 5 nitrogen and oxygen atoms in total. The second kappa shape index (κ2) is 8.04. The molecule has 1 aromatic carbocycles. The fourth-order valence-electron chi connectivity index (χ4n) is 3.93. The van der Waals surface area contributed by atoms with Crippen LogP contribution in [-0.4, -0.2) is 65.8 Å². The Morgan fingerprint density at radius 2 is 1.88 bits per heavy atom. The largest absolute Gasteiger partial charge is 0.490 e. The van der Waals surface area contributed by atoms with Gasteiger partial charge in [-0.1, -0.05) is 37.5 Å². The van der Waals surface area contributed by atoms with Crippen LogP contribution in [0, 0.1) is 6.92 Å². The molecule has 1 saturated heterocycles. The number of ether oxygens (including phenoxy) is 2. The monoisotopic (exact) mass is 349 g/mol. The van der Waals surface area contributed by atoms with E-state index in [0.29, 0.717) is 19.7 Å². The van der Waals surface area contributed by atoms with Crippen LogP contribution in [0.1, 0.15) is 37.7 Å². The first-order chi connectivity index (χ1) is 12.0. The van der Waals surface area contributed by atoms with Crippen LogP contribution < -0.4 is 4.74 Å². The van der Waals surface area contributed by atoms with E-state index in [1.165, 1.54) is 6.42 Å². The lowest BCUT2D eigenvalue weighted by atomic mass is 9.84. The Hall–Kier alpha value is -1.14. The quantitative estimate of drug-likeness (QED) is 0.853. The number of aliphatic hydroxyl groups is 2.